The zero-order valence-electron chi connectivity index (χ0n) is 16.9. The molecule has 2 aromatic rings. The Morgan fingerprint density at radius 1 is 1.14 bits per heavy atom. The number of aromatic nitrogens is 1. The first kappa shape index (κ1) is 19.8. The Bertz CT molecular complexity index is 795. The highest BCUT2D eigenvalue weighted by Gasteiger charge is 2.25. The molecule has 0 unspecified atom stereocenters. The average molecular weight is 384 g/mol. The third kappa shape index (κ3) is 4.47. The minimum Gasteiger partial charge on any atom is -0.497 e. The number of piperidine rings is 1. The smallest absolute Gasteiger partial charge is 0.257 e. The molecule has 28 heavy (non-hydrogen) atoms. The lowest BCUT2D eigenvalue weighted by Gasteiger charge is -2.33. The molecule has 7 heteroatoms. The second-order valence-electron chi connectivity index (χ2n) is 7.10. The molecule has 1 N–H and O–H groups in total. The van der Waals surface area contributed by atoms with Crippen molar-refractivity contribution in [3.05, 3.63) is 42.2 Å². The number of hydrogen-bond donors (Lipinski definition) is 1. The number of nitrogens with zero attached hydrogens (tertiary/aromatic N) is 3. The predicted molar refractivity (Wildman–Crippen MR) is 111 cm³/mol. The van der Waals surface area contributed by atoms with Crippen LogP contribution in [0.15, 0.2) is 36.7 Å². The van der Waals surface area contributed by atoms with Crippen molar-refractivity contribution in [2.45, 2.75) is 18.9 Å². The second-order valence-corrected chi connectivity index (χ2v) is 7.10. The number of hydrogen-bond acceptors (Lipinski definition) is 6. The van der Waals surface area contributed by atoms with Crippen molar-refractivity contribution in [1.82, 2.24) is 9.88 Å². The summed E-state index contributed by atoms with van der Waals surface area (Å²) in [6.45, 7) is 1.42. The van der Waals surface area contributed by atoms with Crippen LogP contribution in [0.2, 0.25) is 0 Å². The van der Waals surface area contributed by atoms with E-state index in [1.165, 1.54) is 0 Å². The van der Waals surface area contributed by atoms with Gasteiger partial charge in [0.1, 0.15) is 11.5 Å². The van der Waals surface area contributed by atoms with Gasteiger partial charge in [0.25, 0.3) is 5.91 Å². The van der Waals surface area contributed by atoms with E-state index < -0.39 is 0 Å². The molecule has 0 bridgehead atoms. The molecule has 1 aromatic heterocycles. The van der Waals surface area contributed by atoms with E-state index in [0.717, 1.165) is 35.7 Å². The molecule has 2 heterocycles. The van der Waals surface area contributed by atoms with Gasteiger partial charge in [-0.15, -0.1) is 0 Å². The van der Waals surface area contributed by atoms with Crippen LogP contribution in [0.1, 0.15) is 23.2 Å². The number of amides is 1. The first-order valence-corrected chi connectivity index (χ1v) is 9.42. The number of pyridine rings is 1. The van der Waals surface area contributed by atoms with Crippen molar-refractivity contribution >= 4 is 17.3 Å². The fraction of sp³-hybridized carbons (Fsp3) is 0.429. The largest absolute Gasteiger partial charge is 0.497 e. The summed E-state index contributed by atoms with van der Waals surface area (Å²) < 4.78 is 10.7. The minimum atomic E-state index is 0.0401. The van der Waals surface area contributed by atoms with Crippen molar-refractivity contribution in [1.29, 1.82) is 0 Å². The monoisotopic (exact) mass is 384 g/mol. The molecule has 0 atom stereocenters. The summed E-state index contributed by atoms with van der Waals surface area (Å²) in [5.41, 5.74) is 2.50. The summed E-state index contributed by atoms with van der Waals surface area (Å²) in [5, 5.41) is 3.54. The highest BCUT2D eigenvalue weighted by molar-refractivity contribution is 5.99. The van der Waals surface area contributed by atoms with E-state index in [9.17, 15) is 4.79 Å². The summed E-state index contributed by atoms with van der Waals surface area (Å²) in [6.07, 6.45) is 5.13. The number of methoxy groups -OCH3 is 2. The predicted octanol–water partition coefficient (Wildman–Crippen LogP) is 2.88. The lowest BCUT2D eigenvalue weighted by molar-refractivity contribution is 0.0719. The molecule has 1 aliphatic heterocycles. The van der Waals surface area contributed by atoms with Gasteiger partial charge in [0.2, 0.25) is 0 Å². The number of rotatable bonds is 6. The normalized spacial score (nSPS) is 14.5. The maximum atomic E-state index is 13.0. The molecule has 7 nitrogen and oxygen atoms in total. The highest BCUT2D eigenvalue weighted by atomic mass is 16.5. The van der Waals surface area contributed by atoms with Gasteiger partial charge in [-0.1, -0.05) is 0 Å². The van der Waals surface area contributed by atoms with E-state index >= 15 is 0 Å². The fourth-order valence-electron chi connectivity index (χ4n) is 3.47. The quantitative estimate of drug-likeness (QED) is 0.826. The number of anilines is 2. The Morgan fingerprint density at radius 3 is 2.36 bits per heavy atom. The number of nitrogens with one attached hydrogen (secondary N) is 1. The van der Waals surface area contributed by atoms with Crippen LogP contribution in [0.25, 0.3) is 0 Å². The Labute approximate surface area is 166 Å². The molecule has 0 spiro atoms. The van der Waals surface area contributed by atoms with Crippen LogP contribution < -0.4 is 19.7 Å². The van der Waals surface area contributed by atoms with Gasteiger partial charge in [-0.2, -0.15) is 0 Å². The standard InChI is InChI=1S/C21H28N4O3/c1-24(2)20-5-8-22-14-19(20)21(26)25-9-6-15(7-10-25)23-16-11-17(27-3)13-18(12-16)28-4/h5,8,11-15,23H,6-7,9-10H2,1-4H3. The van der Waals surface area contributed by atoms with E-state index in [1.54, 1.807) is 26.6 Å². The molecular formula is C21H28N4O3. The first-order chi connectivity index (χ1) is 13.5. The van der Waals surface area contributed by atoms with E-state index in [1.807, 2.05) is 48.2 Å². The van der Waals surface area contributed by atoms with E-state index in [0.29, 0.717) is 24.7 Å². The number of likely N-dealkylation sites (tertiary alicyclic amines) is 1. The van der Waals surface area contributed by atoms with Crippen LogP contribution in [0, 0.1) is 0 Å². The molecule has 1 amide bonds. The molecule has 1 aromatic carbocycles. The number of carbonyl (C=O) groups is 1. The molecule has 1 fully saturated rings. The molecule has 0 radical (unpaired) electrons. The van der Waals surface area contributed by atoms with Gasteiger partial charge < -0.3 is 24.6 Å². The van der Waals surface area contributed by atoms with Gasteiger partial charge in [-0.25, -0.2) is 0 Å². The summed E-state index contributed by atoms with van der Waals surface area (Å²) in [7, 11) is 7.15. The third-order valence-electron chi connectivity index (χ3n) is 5.01. The number of carbonyl (C=O) groups excluding carboxylic acids is 1. The fourth-order valence-corrected chi connectivity index (χ4v) is 3.47. The van der Waals surface area contributed by atoms with Gasteiger partial charge in [0.15, 0.2) is 0 Å². The minimum absolute atomic E-state index is 0.0401. The third-order valence-corrected chi connectivity index (χ3v) is 5.01. The number of ether oxygens (including phenoxy) is 2. The van der Waals surface area contributed by atoms with E-state index in [-0.39, 0.29) is 5.91 Å². The van der Waals surface area contributed by atoms with Gasteiger partial charge in [0.05, 0.1) is 25.5 Å². The van der Waals surface area contributed by atoms with Crippen molar-refractivity contribution in [2.24, 2.45) is 0 Å². The zero-order chi connectivity index (χ0) is 20.1. The molecule has 3 rings (SSSR count). The molecule has 1 saturated heterocycles. The lowest BCUT2D eigenvalue weighted by atomic mass is 10.0. The summed E-state index contributed by atoms with van der Waals surface area (Å²) in [6, 6.07) is 7.93. The number of benzene rings is 1. The molecular weight excluding hydrogens is 356 g/mol. The maximum Gasteiger partial charge on any atom is 0.257 e. The van der Waals surface area contributed by atoms with Crippen molar-refractivity contribution in [3.8, 4) is 11.5 Å². The van der Waals surface area contributed by atoms with E-state index in [4.69, 9.17) is 9.47 Å². The molecule has 1 aliphatic rings. The van der Waals surface area contributed by atoms with Crippen molar-refractivity contribution < 1.29 is 14.3 Å². The summed E-state index contributed by atoms with van der Waals surface area (Å²) >= 11 is 0. The Balaban J connectivity index is 1.63. The molecule has 0 aliphatic carbocycles. The van der Waals surface area contributed by atoms with Crippen molar-refractivity contribution in [2.75, 3.05) is 51.6 Å². The lowest BCUT2D eigenvalue weighted by Crippen LogP contribution is -2.42. The van der Waals surface area contributed by atoms with Gasteiger partial charge in [-0.05, 0) is 18.9 Å². The Morgan fingerprint density at radius 2 is 1.79 bits per heavy atom. The van der Waals surface area contributed by atoms with Crippen LogP contribution >= 0.6 is 0 Å². The van der Waals surface area contributed by atoms with Crippen LogP contribution in [-0.2, 0) is 0 Å². The van der Waals surface area contributed by atoms with Gasteiger partial charge in [0, 0.05) is 69.5 Å². The van der Waals surface area contributed by atoms with E-state index in [2.05, 4.69) is 10.3 Å². The van der Waals surface area contributed by atoms with Crippen LogP contribution in [0.3, 0.4) is 0 Å². The average Bonchev–Trinajstić information content (AvgIpc) is 2.73. The Kier molecular flexibility index (Phi) is 6.23. The second kappa shape index (κ2) is 8.82. The van der Waals surface area contributed by atoms with Gasteiger partial charge in [-0.3, -0.25) is 9.78 Å². The van der Waals surface area contributed by atoms with Gasteiger partial charge >= 0.3 is 0 Å². The zero-order valence-corrected chi connectivity index (χ0v) is 16.9. The SMILES string of the molecule is COc1cc(NC2CCN(C(=O)c3cnccc3N(C)C)CC2)cc(OC)c1. The van der Waals surface area contributed by atoms with Crippen LogP contribution in [-0.4, -0.2) is 63.2 Å². The molecule has 150 valence electrons. The van der Waals surface area contributed by atoms with Crippen LogP contribution in [0.5, 0.6) is 11.5 Å². The summed E-state index contributed by atoms with van der Waals surface area (Å²) in [5.74, 6) is 1.54. The van der Waals surface area contributed by atoms with Crippen molar-refractivity contribution in [3.63, 3.8) is 0 Å². The highest BCUT2D eigenvalue weighted by Crippen LogP contribution is 2.28. The topological polar surface area (TPSA) is 66.9 Å². The molecule has 0 saturated carbocycles. The maximum absolute atomic E-state index is 13.0. The Hall–Kier alpha value is -2.96. The first-order valence-electron chi connectivity index (χ1n) is 9.42. The summed E-state index contributed by atoms with van der Waals surface area (Å²) in [4.78, 5) is 21.0. The van der Waals surface area contributed by atoms with Crippen LogP contribution in [0.4, 0.5) is 11.4 Å².